The average Bonchev–Trinajstić information content (AvgIpc) is 3.41. The topological polar surface area (TPSA) is 51.7 Å². The highest BCUT2D eigenvalue weighted by atomic mass is 32.1. The Morgan fingerprint density at radius 1 is 1.26 bits per heavy atom. The number of hydrogen-bond acceptors (Lipinski definition) is 5. The summed E-state index contributed by atoms with van der Waals surface area (Å²) in [5, 5.41) is 0.461. The molecule has 164 valence electrons. The van der Waals surface area contributed by atoms with Crippen molar-refractivity contribution in [3.63, 3.8) is 0 Å². The molecule has 9 heteroatoms. The van der Waals surface area contributed by atoms with Gasteiger partial charge in [-0.25, -0.2) is 4.98 Å². The van der Waals surface area contributed by atoms with E-state index in [2.05, 4.69) is 4.98 Å². The van der Waals surface area contributed by atoms with Crippen LogP contribution < -0.4 is 9.64 Å². The van der Waals surface area contributed by atoms with Crippen molar-refractivity contribution in [2.75, 3.05) is 24.7 Å². The zero-order chi connectivity index (χ0) is 22.0. The largest absolute Gasteiger partial charge is 0.492 e. The fourth-order valence-electron chi connectivity index (χ4n) is 3.50. The zero-order valence-electron chi connectivity index (χ0n) is 16.8. The number of hydrogen-bond donors (Lipinski definition) is 0. The third-order valence-electron chi connectivity index (χ3n) is 5.02. The minimum atomic E-state index is -4.46. The van der Waals surface area contributed by atoms with Gasteiger partial charge in [0.25, 0.3) is 5.91 Å². The van der Waals surface area contributed by atoms with Gasteiger partial charge in [-0.3, -0.25) is 9.69 Å². The molecule has 1 amide bonds. The summed E-state index contributed by atoms with van der Waals surface area (Å²) in [6, 6.07) is 9.81. The standard InChI is InChI=1S/C22H21F3N2O3S/c1-2-29-17-6-3-7-18-19(17)26-21(31-18)27(13-16-5-4-12-30-16)20(28)14-8-10-15(11-9-14)22(23,24)25/h3,6-11,16H,2,4-5,12-13H2,1H3. The van der Waals surface area contributed by atoms with E-state index in [4.69, 9.17) is 9.47 Å². The highest BCUT2D eigenvalue weighted by molar-refractivity contribution is 7.22. The van der Waals surface area contributed by atoms with Gasteiger partial charge < -0.3 is 9.47 Å². The molecule has 0 spiro atoms. The Kier molecular flexibility index (Phi) is 6.15. The molecule has 2 aromatic carbocycles. The summed E-state index contributed by atoms with van der Waals surface area (Å²) in [7, 11) is 0. The summed E-state index contributed by atoms with van der Waals surface area (Å²) in [5.41, 5.74) is 0.0215. The summed E-state index contributed by atoms with van der Waals surface area (Å²) in [4.78, 5) is 19.4. The van der Waals surface area contributed by atoms with Crippen molar-refractivity contribution in [1.82, 2.24) is 4.98 Å². The Hall–Kier alpha value is -2.65. The van der Waals surface area contributed by atoms with Gasteiger partial charge in [0.1, 0.15) is 11.3 Å². The minimum Gasteiger partial charge on any atom is -0.492 e. The predicted octanol–water partition coefficient (Wildman–Crippen LogP) is 5.54. The van der Waals surface area contributed by atoms with E-state index in [-0.39, 0.29) is 18.2 Å². The zero-order valence-corrected chi connectivity index (χ0v) is 17.6. The number of nitrogens with zero attached hydrogens (tertiary/aromatic N) is 2. The van der Waals surface area contributed by atoms with Gasteiger partial charge in [0.05, 0.1) is 29.5 Å². The molecule has 0 radical (unpaired) electrons. The summed E-state index contributed by atoms with van der Waals surface area (Å²) in [6.45, 7) is 3.27. The molecule has 1 aliphatic rings. The Morgan fingerprint density at radius 3 is 2.68 bits per heavy atom. The Morgan fingerprint density at radius 2 is 2.03 bits per heavy atom. The molecule has 1 unspecified atom stereocenters. The number of carbonyl (C=O) groups is 1. The van der Waals surface area contributed by atoms with E-state index in [9.17, 15) is 18.0 Å². The van der Waals surface area contributed by atoms with Crippen molar-refractivity contribution < 1.29 is 27.4 Å². The number of anilines is 1. The van der Waals surface area contributed by atoms with Crippen LogP contribution in [0.4, 0.5) is 18.3 Å². The smallest absolute Gasteiger partial charge is 0.416 e. The van der Waals surface area contributed by atoms with E-state index in [1.807, 2.05) is 25.1 Å². The number of ether oxygens (including phenoxy) is 2. The minimum absolute atomic E-state index is 0.142. The summed E-state index contributed by atoms with van der Waals surface area (Å²) >= 11 is 1.34. The second kappa shape index (κ2) is 8.84. The maximum atomic E-state index is 13.3. The first-order valence-corrected chi connectivity index (χ1v) is 10.8. The van der Waals surface area contributed by atoms with E-state index in [0.29, 0.717) is 29.6 Å². The van der Waals surface area contributed by atoms with Gasteiger partial charge in [-0.2, -0.15) is 13.2 Å². The lowest BCUT2D eigenvalue weighted by molar-refractivity contribution is -0.137. The number of amides is 1. The molecule has 4 rings (SSSR count). The molecule has 1 fully saturated rings. The molecule has 3 aromatic rings. The first-order valence-electron chi connectivity index (χ1n) is 10.00. The van der Waals surface area contributed by atoms with E-state index in [1.165, 1.54) is 28.4 Å². The molecule has 2 heterocycles. The molecule has 5 nitrogen and oxygen atoms in total. The first kappa shape index (κ1) is 21.6. The molecule has 0 aliphatic carbocycles. The fourth-order valence-corrected chi connectivity index (χ4v) is 4.49. The van der Waals surface area contributed by atoms with Crippen molar-refractivity contribution in [3.8, 4) is 5.75 Å². The number of para-hydroxylation sites is 1. The molecular formula is C22H21F3N2O3S. The monoisotopic (exact) mass is 450 g/mol. The number of benzene rings is 2. The van der Waals surface area contributed by atoms with Gasteiger partial charge in [0.2, 0.25) is 0 Å². The first-order chi connectivity index (χ1) is 14.9. The van der Waals surface area contributed by atoms with Crippen LogP contribution in [-0.4, -0.2) is 36.8 Å². The molecule has 0 saturated carbocycles. The van der Waals surface area contributed by atoms with Crippen molar-refractivity contribution in [2.24, 2.45) is 0 Å². The Labute approximate surface area is 181 Å². The van der Waals surface area contributed by atoms with E-state index in [1.54, 1.807) is 0 Å². The number of alkyl halides is 3. The molecule has 1 aromatic heterocycles. The van der Waals surface area contributed by atoms with E-state index in [0.717, 1.165) is 29.7 Å². The lowest BCUT2D eigenvalue weighted by atomic mass is 10.1. The van der Waals surface area contributed by atoms with Crippen molar-refractivity contribution in [2.45, 2.75) is 32.0 Å². The summed E-state index contributed by atoms with van der Waals surface area (Å²) in [6.07, 6.45) is -2.88. The number of halogens is 3. The molecular weight excluding hydrogens is 429 g/mol. The van der Waals surface area contributed by atoms with Gasteiger partial charge in [0, 0.05) is 12.2 Å². The van der Waals surface area contributed by atoms with Crippen LogP contribution >= 0.6 is 11.3 Å². The highest BCUT2D eigenvalue weighted by Crippen LogP contribution is 2.36. The average molecular weight is 450 g/mol. The van der Waals surface area contributed by atoms with Gasteiger partial charge in [0.15, 0.2) is 5.13 Å². The van der Waals surface area contributed by atoms with Crippen LogP contribution in [0.2, 0.25) is 0 Å². The SMILES string of the molecule is CCOc1cccc2sc(N(CC3CCCO3)C(=O)c3ccc(C(F)(F)F)cc3)nc12. The van der Waals surface area contributed by atoms with Gasteiger partial charge >= 0.3 is 6.18 Å². The van der Waals surface area contributed by atoms with Crippen LogP contribution in [0.5, 0.6) is 5.75 Å². The second-order valence-corrected chi connectivity index (χ2v) is 8.17. The highest BCUT2D eigenvalue weighted by Gasteiger charge is 2.31. The van der Waals surface area contributed by atoms with Gasteiger partial charge in [-0.15, -0.1) is 0 Å². The fraction of sp³-hybridized carbons (Fsp3) is 0.364. The van der Waals surface area contributed by atoms with Gasteiger partial charge in [-0.05, 0) is 56.2 Å². The molecule has 31 heavy (non-hydrogen) atoms. The summed E-state index contributed by atoms with van der Waals surface area (Å²) < 4.78 is 50.9. The van der Waals surface area contributed by atoms with Crippen molar-refractivity contribution in [3.05, 3.63) is 53.6 Å². The van der Waals surface area contributed by atoms with Crippen LogP contribution in [0.15, 0.2) is 42.5 Å². The van der Waals surface area contributed by atoms with Gasteiger partial charge in [-0.1, -0.05) is 17.4 Å². The van der Waals surface area contributed by atoms with Crippen molar-refractivity contribution >= 4 is 32.6 Å². The van der Waals surface area contributed by atoms with Crippen molar-refractivity contribution in [1.29, 1.82) is 0 Å². The van der Waals surface area contributed by atoms with Crippen LogP contribution in [-0.2, 0) is 10.9 Å². The predicted molar refractivity (Wildman–Crippen MR) is 113 cm³/mol. The third-order valence-corrected chi connectivity index (χ3v) is 6.06. The van der Waals surface area contributed by atoms with Crippen LogP contribution in [0, 0.1) is 0 Å². The lowest BCUT2D eigenvalue weighted by Gasteiger charge is -2.23. The van der Waals surface area contributed by atoms with Crippen LogP contribution in [0.3, 0.4) is 0 Å². The maximum absolute atomic E-state index is 13.3. The normalized spacial score (nSPS) is 16.6. The molecule has 1 saturated heterocycles. The number of fused-ring (bicyclic) bond motifs is 1. The van der Waals surface area contributed by atoms with Crippen LogP contribution in [0.1, 0.15) is 35.7 Å². The molecule has 1 atom stereocenters. The third kappa shape index (κ3) is 4.67. The number of aromatic nitrogens is 1. The molecule has 0 bridgehead atoms. The van der Waals surface area contributed by atoms with Crippen LogP contribution in [0.25, 0.3) is 10.2 Å². The molecule has 0 N–H and O–H groups in total. The Balaban J connectivity index is 1.69. The second-order valence-electron chi connectivity index (χ2n) is 7.16. The molecule has 1 aliphatic heterocycles. The lowest BCUT2D eigenvalue weighted by Crippen LogP contribution is -2.37. The Bertz CT molecular complexity index is 1060. The quantitative estimate of drug-likeness (QED) is 0.495. The number of thiazole rings is 1. The maximum Gasteiger partial charge on any atom is 0.416 e. The van der Waals surface area contributed by atoms with E-state index < -0.39 is 17.6 Å². The van der Waals surface area contributed by atoms with E-state index >= 15 is 0 Å². The summed E-state index contributed by atoms with van der Waals surface area (Å²) in [5.74, 6) is 0.211. The number of rotatable bonds is 6. The number of carbonyl (C=O) groups excluding carboxylic acids is 1.